The monoisotopic (exact) mass is 480 g/mol. The maximum atomic E-state index is 14.4. The fourth-order valence-electron chi connectivity index (χ4n) is 4.43. The molecule has 0 radical (unpaired) electrons. The normalized spacial score (nSPS) is 19.6. The van der Waals surface area contributed by atoms with Crippen molar-refractivity contribution in [1.29, 1.82) is 0 Å². The summed E-state index contributed by atoms with van der Waals surface area (Å²) in [6.45, 7) is 6.29. The van der Waals surface area contributed by atoms with Crippen molar-refractivity contribution in [2.75, 3.05) is 26.2 Å². The number of ether oxygens (including phenoxy) is 1. The van der Waals surface area contributed by atoms with Gasteiger partial charge in [-0.2, -0.15) is 0 Å². The van der Waals surface area contributed by atoms with Gasteiger partial charge in [0.25, 0.3) is 0 Å². The van der Waals surface area contributed by atoms with Crippen molar-refractivity contribution >= 4 is 11.9 Å². The summed E-state index contributed by atoms with van der Waals surface area (Å²) in [5.41, 5.74) is 1.45. The zero-order chi connectivity index (χ0) is 24.9. The molecule has 1 aliphatic carbocycles. The molecule has 35 heavy (non-hydrogen) atoms. The molecule has 1 N–H and O–H groups in total. The summed E-state index contributed by atoms with van der Waals surface area (Å²) in [7, 11) is 0. The Labute approximate surface area is 206 Å². The fourth-order valence-corrected chi connectivity index (χ4v) is 4.43. The van der Waals surface area contributed by atoms with Crippen LogP contribution in [0.5, 0.6) is 5.75 Å². The number of carbonyl (C=O) groups excluding carboxylic acids is 1. The highest BCUT2D eigenvalue weighted by Crippen LogP contribution is 2.32. The van der Waals surface area contributed by atoms with Crippen LogP contribution in [-0.4, -0.2) is 59.0 Å². The summed E-state index contributed by atoms with van der Waals surface area (Å²) < 4.78 is 20.6. The van der Waals surface area contributed by atoms with Crippen LogP contribution in [0.2, 0.25) is 0 Å². The second-order valence-electron chi connectivity index (χ2n) is 9.67. The lowest BCUT2D eigenvalue weighted by Gasteiger charge is -2.40. The third kappa shape index (κ3) is 6.69. The van der Waals surface area contributed by atoms with Crippen molar-refractivity contribution in [1.82, 2.24) is 9.80 Å². The second-order valence-corrected chi connectivity index (χ2v) is 9.67. The molecule has 7 heteroatoms. The van der Waals surface area contributed by atoms with Gasteiger partial charge in [-0.25, -0.2) is 9.18 Å². The largest absolute Gasteiger partial charge is 0.484 e. The Morgan fingerprint density at radius 3 is 2.54 bits per heavy atom. The Morgan fingerprint density at radius 2 is 1.91 bits per heavy atom. The topological polar surface area (TPSA) is 70.1 Å². The van der Waals surface area contributed by atoms with E-state index < -0.39 is 12.1 Å². The van der Waals surface area contributed by atoms with E-state index in [1.807, 2.05) is 24.0 Å². The first-order valence-corrected chi connectivity index (χ1v) is 12.3. The van der Waals surface area contributed by atoms with Gasteiger partial charge in [-0.05, 0) is 86.6 Å². The van der Waals surface area contributed by atoms with Crippen LogP contribution >= 0.6 is 0 Å². The number of halogens is 1. The number of nitrogens with zero attached hydrogens (tertiary/aromatic N) is 2. The molecule has 1 amide bonds. The van der Waals surface area contributed by atoms with Gasteiger partial charge in [-0.3, -0.25) is 9.69 Å². The average molecular weight is 481 g/mol. The first-order valence-electron chi connectivity index (χ1n) is 12.3. The summed E-state index contributed by atoms with van der Waals surface area (Å²) in [6.07, 6.45) is 6.79. The number of hydrogen-bond donors (Lipinski definition) is 1. The van der Waals surface area contributed by atoms with Crippen LogP contribution in [0.4, 0.5) is 4.39 Å². The van der Waals surface area contributed by atoms with E-state index in [1.54, 1.807) is 31.2 Å². The Balaban J connectivity index is 1.43. The van der Waals surface area contributed by atoms with Crippen molar-refractivity contribution in [3.8, 4) is 5.75 Å². The van der Waals surface area contributed by atoms with Gasteiger partial charge >= 0.3 is 5.97 Å². The highest BCUT2D eigenvalue weighted by atomic mass is 19.1. The van der Waals surface area contributed by atoms with Gasteiger partial charge in [0.1, 0.15) is 17.7 Å². The van der Waals surface area contributed by atoms with Crippen LogP contribution < -0.4 is 4.74 Å². The zero-order valence-corrected chi connectivity index (χ0v) is 20.3. The van der Waals surface area contributed by atoms with Gasteiger partial charge in [-0.1, -0.05) is 18.2 Å². The number of carboxylic acids is 1. The van der Waals surface area contributed by atoms with Crippen LogP contribution in [0.25, 0.3) is 0 Å². The van der Waals surface area contributed by atoms with Crippen LogP contribution in [-0.2, 0) is 4.79 Å². The number of carbonyl (C=O) groups is 2. The van der Waals surface area contributed by atoms with Crippen molar-refractivity contribution in [2.45, 2.75) is 45.3 Å². The third-order valence-corrected chi connectivity index (χ3v) is 6.79. The lowest BCUT2D eigenvalue weighted by Crippen LogP contribution is -2.54. The van der Waals surface area contributed by atoms with Gasteiger partial charge < -0.3 is 14.7 Å². The van der Waals surface area contributed by atoms with Crippen molar-refractivity contribution in [2.24, 2.45) is 5.92 Å². The van der Waals surface area contributed by atoms with Crippen LogP contribution in [0, 0.1) is 18.7 Å². The third-order valence-electron chi connectivity index (χ3n) is 6.79. The summed E-state index contributed by atoms with van der Waals surface area (Å²) in [6, 6.07) is 11.4. The molecule has 6 nitrogen and oxygen atoms in total. The number of aromatic carboxylic acids is 1. The molecule has 2 fully saturated rings. The molecule has 1 aliphatic heterocycles. The standard InChI is InChI=1S/C28H33FN2O4/c1-19-6-9-23(16-25(19)29)26(35-24-12-10-22(11-13-24)28(33)34)18-30-14-15-31(20(2)17-30)27(32)5-3-4-21-7-8-21/h3,5-6,9-13,16,20-21,26H,4,7-8,14-15,17-18H2,1-2H3,(H,33,34)/b5-3+/t20-,26?/m1/s1. The Morgan fingerprint density at radius 1 is 1.17 bits per heavy atom. The van der Waals surface area contributed by atoms with Crippen LogP contribution in [0.15, 0.2) is 54.6 Å². The van der Waals surface area contributed by atoms with Gasteiger partial charge in [0.05, 0.1) is 5.56 Å². The minimum atomic E-state index is -1.00. The Hall–Kier alpha value is -3.19. The van der Waals surface area contributed by atoms with Crippen molar-refractivity contribution < 1.29 is 23.8 Å². The van der Waals surface area contributed by atoms with Gasteiger partial charge in [0, 0.05) is 32.2 Å². The molecule has 0 aromatic heterocycles. The SMILES string of the molecule is Cc1ccc(C(CN2CCN(C(=O)/C=C/CC3CC3)[C@H](C)C2)Oc2ccc(C(=O)O)cc2)cc1F. The molecular weight excluding hydrogens is 447 g/mol. The molecule has 1 unspecified atom stereocenters. The van der Waals surface area contributed by atoms with E-state index in [4.69, 9.17) is 9.84 Å². The molecule has 2 aromatic rings. The molecule has 2 aliphatic rings. The molecule has 2 aromatic carbocycles. The van der Waals surface area contributed by atoms with Gasteiger partial charge in [0.15, 0.2) is 0 Å². The number of carboxylic acid groups (broad SMARTS) is 1. The van der Waals surface area contributed by atoms with E-state index in [0.717, 1.165) is 12.3 Å². The minimum absolute atomic E-state index is 0.0482. The zero-order valence-electron chi connectivity index (χ0n) is 20.3. The summed E-state index contributed by atoms with van der Waals surface area (Å²) in [5.74, 6) is 0.0437. The first-order chi connectivity index (χ1) is 16.8. The van der Waals surface area contributed by atoms with E-state index >= 15 is 0 Å². The number of rotatable bonds is 9. The van der Waals surface area contributed by atoms with Gasteiger partial charge in [0.2, 0.25) is 5.91 Å². The fraction of sp³-hybridized carbons (Fsp3) is 0.429. The molecule has 1 saturated heterocycles. The van der Waals surface area contributed by atoms with Gasteiger partial charge in [-0.15, -0.1) is 0 Å². The lowest BCUT2D eigenvalue weighted by molar-refractivity contribution is -0.130. The molecule has 186 valence electrons. The second kappa shape index (κ2) is 11.0. The molecule has 4 rings (SSSR count). The number of piperazine rings is 1. The summed E-state index contributed by atoms with van der Waals surface area (Å²) in [5, 5.41) is 9.15. The maximum absolute atomic E-state index is 14.4. The van der Waals surface area contributed by atoms with E-state index in [1.165, 1.54) is 31.0 Å². The van der Waals surface area contributed by atoms with Crippen LogP contribution in [0.1, 0.15) is 53.8 Å². The number of hydrogen-bond acceptors (Lipinski definition) is 4. The highest BCUT2D eigenvalue weighted by Gasteiger charge is 2.29. The number of allylic oxidation sites excluding steroid dienone is 1. The number of benzene rings is 2. The molecule has 0 spiro atoms. The minimum Gasteiger partial charge on any atom is -0.484 e. The predicted molar refractivity (Wildman–Crippen MR) is 132 cm³/mol. The number of aryl methyl sites for hydroxylation is 1. The van der Waals surface area contributed by atoms with E-state index in [2.05, 4.69) is 4.90 Å². The predicted octanol–water partition coefficient (Wildman–Crippen LogP) is 4.84. The molecule has 2 atom stereocenters. The molecule has 1 heterocycles. The van der Waals surface area contributed by atoms with E-state index in [-0.39, 0.29) is 23.3 Å². The number of amides is 1. The van der Waals surface area contributed by atoms with E-state index in [9.17, 15) is 14.0 Å². The summed E-state index contributed by atoms with van der Waals surface area (Å²) in [4.78, 5) is 28.0. The highest BCUT2D eigenvalue weighted by molar-refractivity contribution is 5.88. The summed E-state index contributed by atoms with van der Waals surface area (Å²) >= 11 is 0. The van der Waals surface area contributed by atoms with E-state index in [0.29, 0.717) is 43.1 Å². The Bertz CT molecular complexity index is 1080. The Kier molecular flexibility index (Phi) is 7.86. The molecular formula is C28H33FN2O4. The average Bonchev–Trinajstić information content (AvgIpc) is 3.65. The molecule has 1 saturated carbocycles. The first kappa shape index (κ1) is 24.9. The maximum Gasteiger partial charge on any atom is 0.335 e. The van der Waals surface area contributed by atoms with Crippen molar-refractivity contribution in [3.63, 3.8) is 0 Å². The van der Waals surface area contributed by atoms with Crippen LogP contribution in [0.3, 0.4) is 0 Å². The smallest absolute Gasteiger partial charge is 0.335 e. The lowest BCUT2D eigenvalue weighted by atomic mass is 10.0. The quantitative estimate of drug-likeness (QED) is 0.520. The van der Waals surface area contributed by atoms with Crippen molar-refractivity contribution in [3.05, 3.63) is 77.1 Å². The molecule has 0 bridgehead atoms.